The van der Waals surface area contributed by atoms with Gasteiger partial charge in [-0.15, -0.1) is 11.8 Å². The third kappa shape index (κ3) is 1.97. The van der Waals surface area contributed by atoms with Gasteiger partial charge in [-0.1, -0.05) is 12.1 Å². The molecule has 1 atom stereocenters. The fourth-order valence-electron chi connectivity index (χ4n) is 1.49. The van der Waals surface area contributed by atoms with Gasteiger partial charge in [0.15, 0.2) is 5.37 Å². The number of hydrogen-bond donors (Lipinski definition) is 1. The molecule has 15 heavy (non-hydrogen) atoms. The first kappa shape index (κ1) is 10.8. The smallest absolute Gasteiger partial charge is 0.286 e. The largest absolute Gasteiger partial charge is 0.343 e. The summed E-state index contributed by atoms with van der Waals surface area (Å²) >= 11 is 1.57. The molecule has 1 unspecified atom stereocenters. The molecule has 0 fully saturated rings. The Kier molecular flexibility index (Phi) is 2.66. The summed E-state index contributed by atoms with van der Waals surface area (Å²) in [5.41, 5.74) is 0.868. The minimum Gasteiger partial charge on any atom is -0.343 e. The van der Waals surface area contributed by atoms with Gasteiger partial charge in [0, 0.05) is 4.90 Å². The molecule has 1 aromatic rings. The number of hydrogen-bond acceptors (Lipinski definition) is 4. The molecule has 1 N–H and O–H groups in total. The molecular weight excluding hydrogens is 234 g/mol. The summed E-state index contributed by atoms with van der Waals surface area (Å²) in [6.45, 7) is 1.48. The van der Waals surface area contributed by atoms with Crippen molar-refractivity contribution >= 4 is 27.6 Å². The molecule has 1 aliphatic rings. The zero-order valence-electron chi connectivity index (χ0n) is 8.12. The van der Waals surface area contributed by atoms with Gasteiger partial charge in [0.05, 0.1) is 11.6 Å². The summed E-state index contributed by atoms with van der Waals surface area (Å²) in [6, 6.07) is 7.57. The third-order valence-electron chi connectivity index (χ3n) is 2.40. The number of nitrogens with zero attached hydrogens (tertiary/aromatic N) is 1. The summed E-state index contributed by atoms with van der Waals surface area (Å²) in [5.74, 6) is 0.556. The first-order valence-electron chi connectivity index (χ1n) is 4.45. The minimum absolute atomic E-state index is 0.556. The normalized spacial score (nSPS) is 17.6. The van der Waals surface area contributed by atoms with Crippen LogP contribution in [0.1, 0.15) is 6.92 Å². The fraction of sp³-hybridized carbons (Fsp3) is 0.333. The van der Waals surface area contributed by atoms with Gasteiger partial charge < -0.3 is 4.90 Å². The molecule has 0 bridgehead atoms. The van der Waals surface area contributed by atoms with E-state index in [0.29, 0.717) is 5.88 Å². The summed E-state index contributed by atoms with van der Waals surface area (Å²) < 4.78 is 31.1. The van der Waals surface area contributed by atoms with Crippen LogP contribution in [0.15, 0.2) is 29.2 Å². The Balaban J connectivity index is 2.36. The lowest BCUT2D eigenvalue weighted by Gasteiger charge is -2.23. The Hall–Kier alpha value is -0.720. The average Bonchev–Trinajstić information content (AvgIpc) is 2.58. The summed E-state index contributed by atoms with van der Waals surface area (Å²) in [4.78, 5) is 2.73. The number of anilines is 1. The average molecular weight is 245 g/mol. The first-order valence-corrected chi connectivity index (χ1v) is 6.94. The molecule has 6 heteroatoms. The van der Waals surface area contributed by atoms with Crippen molar-refractivity contribution < 1.29 is 13.0 Å². The molecule has 0 saturated heterocycles. The summed E-state index contributed by atoms with van der Waals surface area (Å²) in [6.07, 6.45) is 0. The van der Waals surface area contributed by atoms with Crippen molar-refractivity contribution in [3.8, 4) is 0 Å². The Morgan fingerprint density at radius 1 is 1.47 bits per heavy atom. The second-order valence-electron chi connectivity index (χ2n) is 3.33. The summed E-state index contributed by atoms with van der Waals surface area (Å²) in [7, 11) is -4.02. The van der Waals surface area contributed by atoms with E-state index in [-0.39, 0.29) is 0 Å². The summed E-state index contributed by atoms with van der Waals surface area (Å²) in [5, 5.41) is -0.895. The highest BCUT2D eigenvalue weighted by molar-refractivity contribution is 8.00. The molecule has 4 nitrogen and oxygen atoms in total. The molecule has 1 aromatic carbocycles. The molecule has 0 saturated carbocycles. The van der Waals surface area contributed by atoms with E-state index in [1.165, 1.54) is 6.92 Å². The van der Waals surface area contributed by atoms with Gasteiger partial charge in [-0.05, 0) is 19.1 Å². The quantitative estimate of drug-likeness (QED) is 0.805. The topological polar surface area (TPSA) is 57.6 Å². The molecule has 0 radical (unpaired) electrons. The van der Waals surface area contributed by atoms with E-state index < -0.39 is 15.5 Å². The predicted octanol–water partition coefficient (Wildman–Crippen LogP) is 1.79. The van der Waals surface area contributed by atoms with E-state index in [1.54, 1.807) is 16.7 Å². The standard InChI is InChI=1S/C9H11NO3S2/c1-7(15(11,12)13)10-6-14-9-5-3-2-4-8(9)10/h2-5,7H,6H2,1H3,(H,11,12,13). The van der Waals surface area contributed by atoms with Crippen LogP contribution >= 0.6 is 11.8 Å². The lowest BCUT2D eigenvalue weighted by Crippen LogP contribution is -2.36. The van der Waals surface area contributed by atoms with Gasteiger partial charge in [0.1, 0.15) is 0 Å². The van der Waals surface area contributed by atoms with Crippen LogP contribution in [0.3, 0.4) is 0 Å². The van der Waals surface area contributed by atoms with Crippen LogP contribution in [-0.4, -0.2) is 24.2 Å². The molecule has 82 valence electrons. The van der Waals surface area contributed by atoms with Crippen LogP contribution in [0.4, 0.5) is 5.69 Å². The van der Waals surface area contributed by atoms with Crippen LogP contribution in [0, 0.1) is 0 Å². The molecule has 0 aliphatic carbocycles. The van der Waals surface area contributed by atoms with Crippen LogP contribution in [0.5, 0.6) is 0 Å². The Labute approximate surface area is 93.0 Å². The van der Waals surface area contributed by atoms with E-state index in [4.69, 9.17) is 4.55 Å². The van der Waals surface area contributed by atoms with E-state index in [9.17, 15) is 8.42 Å². The molecular formula is C9H11NO3S2. The molecule has 2 rings (SSSR count). The fourth-order valence-corrected chi connectivity index (χ4v) is 3.24. The SMILES string of the molecule is CC(N1CSc2ccccc21)S(=O)(=O)O. The highest BCUT2D eigenvalue weighted by Crippen LogP contribution is 2.39. The molecule has 0 amide bonds. The van der Waals surface area contributed by atoms with Gasteiger partial charge in [-0.25, -0.2) is 0 Å². The number of benzene rings is 1. The second kappa shape index (κ2) is 3.70. The first-order chi connectivity index (χ1) is 7.00. The zero-order chi connectivity index (χ0) is 11.1. The maximum Gasteiger partial charge on any atom is 0.286 e. The van der Waals surface area contributed by atoms with E-state index in [1.807, 2.05) is 24.3 Å². The maximum atomic E-state index is 11.0. The number of fused-ring (bicyclic) bond motifs is 1. The lowest BCUT2D eigenvalue weighted by molar-refractivity contribution is 0.469. The molecule has 1 aliphatic heterocycles. The molecule has 1 heterocycles. The Bertz CT molecular complexity index is 472. The highest BCUT2D eigenvalue weighted by Gasteiger charge is 2.30. The van der Waals surface area contributed by atoms with Crippen molar-refractivity contribution in [1.82, 2.24) is 0 Å². The zero-order valence-corrected chi connectivity index (χ0v) is 9.75. The molecule has 0 spiro atoms. The number of thioether (sulfide) groups is 1. The van der Waals surface area contributed by atoms with Gasteiger partial charge >= 0.3 is 0 Å². The van der Waals surface area contributed by atoms with Crippen molar-refractivity contribution in [2.24, 2.45) is 0 Å². The third-order valence-corrected chi connectivity index (χ3v) is 4.58. The predicted molar refractivity (Wildman–Crippen MR) is 60.7 cm³/mol. The van der Waals surface area contributed by atoms with Gasteiger partial charge in [-0.2, -0.15) is 8.42 Å². The van der Waals surface area contributed by atoms with E-state index in [2.05, 4.69) is 0 Å². The number of para-hydroxylation sites is 1. The van der Waals surface area contributed by atoms with Crippen LogP contribution in [-0.2, 0) is 10.1 Å². The van der Waals surface area contributed by atoms with Crippen molar-refractivity contribution in [1.29, 1.82) is 0 Å². The van der Waals surface area contributed by atoms with E-state index in [0.717, 1.165) is 10.6 Å². The van der Waals surface area contributed by atoms with Crippen molar-refractivity contribution in [2.45, 2.75) is 17.2 Å². The van der Waals surface area contributed by atoms with Crippen LogP contribution in [0.2, 0.25) is 0 Å². The van der Waals surface area contributed by atoms with Crippen LogP contribution < -0.4 is 4.90 Å². The van der Waals surface area contributed by atoms with Gasteiger partial charge in [0.2, 0.25) is 0 Å². The van der Waals surface area contributed by atoms with Crippen molar-refractivity contribution in [3.63, 3.8) is 0 Å². The van der Waals surface area contributed by atoms with Crippen molar-refractivity contribution in [3.05, 3.63) is 24.3 Å². The molecule has 0 aromatic heterocycles. The number of rotatable bonds is 2. The Morgan fingerprint density at radius 2 is 2.13 bits per heavy atom. The second-order valence-corrected chi connectivity index (χ2v) is 6.02. The van der Waals surface area contributed by atoms with Crippen molar-refractivity contribution in [2.75, 3.05) is 10.8 Å². The monoisotopic (exact) mass is 245 g/mol. The maximum absolute atomic E-state index is 11.0. The van der Waals surface area contributed by atoms with E-state index >= 15 is 0 Å². The Morgan fingerprint density at radius 3 is 2.80 bits per heavy atom. The van der Waals surface area contributed by atoms with Gasteiger partial charge in [-0.3, -0.25) is 4.55 Å². The lowest BCUT2D eigenvalue weighted by atomic mass is 10.3. The minimum atomic E-state index is -4.02. The van der Waals surface area contributed by atoms with Crippen LogP contribution in [0.25, 0.3) is 0 Å². The highest BCUT2D eigenvalue weighted by atomic mass is 32.2. The van der Waals surface area contributed by atoms with Gasteiger partial charge in [0.25, 0.3) is 10.1 Å².